The lowest BCUT2D eigenvalue weighted by Gasteiger charge is -2.23. The van der Waals surface area contributed by atoms with Crippen molar-refractivity contribution < 1.29 is 33.8 Å². The first-order valence-corrected chi connectivity index (χ1v) is 8.70. The zero-order valence-corrected chi connectivity index (χ0v) is 16.9. The van der Waals surface area contributed by atoms with Gasteiger partial charge in [0.1, 0.15) is 30.8 Å². The summed E-state index contributed by atoms with van der Waals surface area (Å²) in [6.07, 6.45) is -0.565. The highest BCUT2D eigenvalue weighted by atomic mass is 16.6. The van der Waals surface area contributed by atoms with Gasteiger partial charge in [-0.15, -0.1) is 0 Å². The molecule has 0 aromatic heterocycles. The first-order chi connectivity index (χ1) is 13.4. The molecule has 162 valence electrons. The molecule has 3 N–H and O–H groups in total. The lowest BCUT2D eigenvalue weighted by Crippen LogP contribution is -2.55. The van der Waals surface area contributed by atoms with E-state index in [-0.39, 0.29) is 6.61 Å². The largest absolute Gasteiger partial charge is 0.460 e. The number of carbonyl (C=O) groups excluding carboxylic acids is 4. The van der Waals surface area contributed by atoms with E-state index < -0.39 is 60.5 Å². The molecule has 0 spiro atoms. The molecular formula is C17H27N5O7. The van der Waals surface area contributed by atoms with Crippen molar-refractivity contribution in [1.29, 1.82) is 0 Å². The van der Waals surface area contributed by atoms with Gasteiger partial charge in [0, 0.05) is 4.91 Å². The van der Waals surface area contributed by atoms with Crippen molar-refractivity contribution in [3.63, 3.8) is 0 Å². The van der Waals surface area contributed by atoms with Crippen LogP contribution in [0.2, 0.25) is 0 Å². The van der Waals surface area contributed by atoms with E-state index in [4.69, 9.17) is 10.3 Å². The Morgan fingerprint density at radius 3 is 2.34 bits per heavy atom. The number of esters is 2. The summed E-state index contributed by atoms with van der Waals surface area (Å²) in [6, 6.07) is -2.97. The van der Waals surface area contributed by atoms with Crippen LogP contribution in [0.15, 0.2) is 17.8 Å². The Morgan fingerprint density at radius 1 is 1.24 bits per heavy atom. The van der Waals surface area contributed by atoms with Gasteiger partial charge in [-0.05, 0) is 33.2 Å². The van der Waals surface area contributed by atoms with Crippen LogP contribution in [0.4, 0.5) is 0 Å². The number of carbonyl (C=O) groups is 4. The van der Waals surface area contributed by atoms with Gasteiger partial charge in [0.2, 0.25) is 11.8 Å². The second kappa shape index (κ2) is 12.4. The van der Waals surface area contributed by atoms with Gasteiger partial charge in [-0.3, -0.25) is 19.2 Å². The molecule has 2 amide bonds. The van der Waals surface area contributed by atoms with Crippen LogP contribution in [0.25, 0.3) is 10.4 Å². The first-order valence-electron chi connectivity index (χ1n) is 8.70. The maximum atomic E-state index is 12.4. The molecule has 0 aromatic rings. The molecule has 0 aromatic carbocycles. The van der Waals surface area contributed by atoms with Gasteiger partial charge in [0.15, 0.2) is 0 Å². The average molecular weight is 413 g/mol. The lowest BCUT2D eigenvalue weighted by molar-refractivity contribution is -0.156. The molecule has 12 nitrogen and oxygen atoms in total. The molecule has 0 fully saturated rings. The van der Waals surface area contributed by atoms with Crippen LogP contribution in [0, 0.1) is 0 Å². The maximum Gasteiger partial charge on any atom is 0.325 e. The standard InChI is InChI=1S/C17H27N5O7/c1-6-7-28-13(25)9-19-16(27)14(10(2)23)20-15(26)11(21-22-18)8-12(24)29-17(3,4)5/h6,10-11,14,23H,1,7-9H2,2-5H3,(H,19,27)(H,20,26)/t10-,11?,14+/m1/s1. The molecule has 0 aliphatic carbocycles. The van der Waals surface area contributed by atoms with Crippen LogP contribution in [0.3, 0.4) is 0 Å². The topological polar surface area (TPSA) is 180 Å². The highest BCUT2D eigenvalue weighted by Gasteiger charge is 2.31. The van der Waals surface area contributed by atoms with Crippen LogP contribution < -0.4 is 10.6 Å². The highest BCUT2D eigenvalue weighted by Crippen LogP contribution is 2.11. The molecule has 0 aliphatic heterocycles. The second-order valence-electron chi connectivity index (χ2n) is 6.93. The van der Waals surface area contributed by atoms with Crippen molar-refractivity contribution in [1.82, 2.24) is 10.6 Å². The Labute approximate surface area is 168 Å². The van der Waals surface area contributed by atoms with Crippen molar-refractivity contribution in [3.8, 4) is 0 Å². The zero-order chi connectivity index (χ0) is 22.6. The second-order valence-corrected chi connectivity index (χ2v) is 6.93. The number of nitrogens with one attached hydrogen (secondary N) is 2. The van der Waals surface area contributed by atoms with Gasteiger partial charge in [-0.2, -0.15) is 0 Å². The number of rotatable bonds is 11. The summed E-state index contributed by atoms with van der Waals surface area (Å²) < 4.78 is 9.76. The van der Waals surface area contributed by atoms with Crippen LogP contribution >= 0.6 is 0 Å². The number of nitrogens with zero attached hydrogens (tertiary/aromatic N) is 3. The van der Waals surface area contributed by atoms with Crippen LogP contribution in [-0.2, 0) is 28.7 Å². The number of ether oxygens (including phenoxy) is 2. The third kappa shape index (κ3) is 11.4. The summed E-state index contributed by atoms with van der Waals surface area (Å²) in [6.45, 7) is 8.95. The molecular weight excluding hydrogens is 386 g/mol. The van der Waals surface area contributed by atoms with E-state index in [1.54, 1.807) is 20.8 Å². The monoisotopic (exact) mass is 413 g/mol. The third-order valence-electron chi connectivity index (χ3n) is 3.11. The minimum absolute atomic E-state index is 0.0379. The molecule has 1 unspecified atom stereocenters. The number of hydrogen-bond donors (Lipinski definition) is 3. The Kier molecular flexibility index (Phi) is 11.0. The molecule has 0 saturated heterocycles. The quantitative estimate of drug-likeness (QED) is 0.141. The molecule has 0 radical (unpaired) electrons. The van der Waals surface area contributed by atoms with Gasteiger partial charge >= 0.3 is 11.9 Å². The number of amides is 2. The maximum absolute atomic E-state index is 12.4. The fraction of sp³-hybridized carbons (Fsp3) is 0.647. The molecule has 0 heterocycles. The summed E-state index contributed by atoms with van der Waals surface area (Å²) in [7, 11) is 0. The van der Waals surface area contributed by atoms with E-state index in [1.165, 1.54) is 13.0 Å². The summed E-state index contributed by atoms with van der Waals surface area (Å²) in [5.74, 6) is -3.37. The van der Waals surface area contributed by atoms with E-state index in [9.17, 15) is 24.3 Å². The van der Waals surface area contributed by atoms with Crippen LogP contribution in [0.1, 0.15) is 34.1 Å². The van der Waals surface area contributed by atoms with Crippen molar-refractivity contribution in [2.75, 3.05) is 13.2 Å². The highest BCUT2D eigenvalue weighted by molar-refractivity contribution is 5.93. The van der Waals surface area contributed by atoms with Gasteiger partial charge in [0.25, 0.3) is 0 Å². The molecule has 3 atom stereocenters. The number of aliphatic hydroxyl groups is 1. The smallest absolute Gasteiger partial charge is 0.325 e. The SMILES string of the molecule is C=CCOC(=O)CNC(=O)[C@@H](NC(=O)C(CC(=O)OC(C)(C)C)N=[N+]=[N-])[C@@H](C)O. The summed E-state index contributed by atoms with van der Waals surface area (Å²) in [4.78, 5) is 50.4. The van der Waals surface area contributed by atoms with Crippen molar-refractivity contribution in [2.45, 2.75) is 57.9 Å². The number of aliphatic hydroxyl groups excluding tert-OH is 1. The predicted octanol–water partition coefficient (Wildman–Crippen LogP) is 0.108. The molecule has 0 rings (SSSR count). The molecule has 0 aliphatic rings. The van der Waals surface area contributed by atoms with Crippen molar-refractivity contribution in [3.05, 3.63) is 23.1 Å². The van der Waals surface area contributed by atoms with Gasteiger partial charge < -0.3 is 25.2 Å². The summed E-state index contributed by atoms with van der Waals surface area (Å²) in [5, 5.41) is 17.4. The Bertz CT molecular complexity index is 666. The van der Waals surface area contributed by atoms with Gasteiger partial charge in [-0.1, -0.05) is 17.8 Å². The minimum Gasteiger partial charge on any atom is -0.460 e. The Morgan fingerprint density at radius 2 is 1.86 bits per heavy atom. The zero-order valence-electron chi connectivity index (χ0n) is 16.9. The van der Waals surface area contributed by atoms with E-state index in [0.717, 1.165) is 0 Å². The van der Waals surface area contributed by atoms with E-state index in [0.29, 0.717) is 0 Å². The van der Waals surface area contributed by atoms with Crippen molar-refractivity contribution >= 4 is 23.8 Å². The first kappa shape index (κ1) is 25.9. The fourth-order valence-electron chi connectivity index (χ4n) is 1.92. The van der Waals surface area contributed by atoms with Gasteiger partial charge in [0.05, 0.1) is 12.5 Å². The molecule has 12 heteroatoms. The van der Waals surface area contributed by atoms with Gasteiger partial charge in [-0.25, -0.2) is 0 Å². The Hall–Kier alpha value is -3.11. The fourth-order valence-corrected chi connectivity index (χ4v) is 1.92. The summed E-state index contributed by atoms with van der Waals surface area (Å²) >= 11 is 0. The van der Waals surface area contributed by atoms with Crippen LogP contribution in [0.5, 0.6) is 0 Å². The molecule has 29 heavy (non-hydrogen) atoms. The summed E-state index contributed by atoms with van der Waals surface area (Å²) in [5.41, 5.74) is 7.83. The Balaban J connectivity index is 5.03. The normalized spacial score (nSPS) is 13.7. The van der Waals surface area contributed by atoms with E-state index >= 15 is 0 Å². The van der Waals surface area contributed by atoms with E-state index in [1.807, 2.05) is 0 Å². The molecule has 0 bridgehead atoms. The lowest BCUT2D eigenvalue weighted by atomic mass is 10.1. The molecule has 0 saturated carbocycles. The number of hydrogen-bond acceptors (Lipinski definition) is 8. The van der Waals surface area contributed by atoms with E-state index in [2.05, 4.69) is 32.0 Å². The van der Waals surface area contributed by atoms with Crippen LogP contribution in [-0.4, -0.2) is 65.8 Å². The number of azide groups is 1. The minimum atomic E-state index is -1.50. The third-order valence-corrected chi connectivity index (χ3v) is 3.11. The average Bonchev–Trinajstić information content (AvgIpc) is 2.59. The van der Waals surface area contributed by atoms with Crippen molar-refractivity contribution in [2.24, 2.45) is 5.11 Å². The predicted molar refractivity (Wildman–Crippen MR) is 101 cm³/mol.